The summed E-state index contributed by atoms with van der Waals surface area (Å²) >= 11 is 0. The number of carbonyl (C=O) groups excluding carboxylic acids is 1. The van der Waals surface area contributed by atoms with E-state index in [1.165, 1.54) is 25.9 Å². The van der Waals surface area contributed by atoms with Crippen LogP contribution in [-0.2, 0) is 7.05 Å². The number of hydrogen-bond donors (Lipinski definition) is 2. The molecule has 1 aliphatic heterocycles. The summed E-state index contributed by atoms with van der Waals surface area (Å²) in [5, 5.41) is 6.08. The van der Waals surface area contributed by atoms with Crippen LogP contribution in [0, 0.1) is 5.92 Å². The fraction of sp³-hybridized carbons (Fsp3) is 0.565. The van der Waals surface area contributed by atoms with Gasteiger partial charge in [0.2, 0.25) is 0 Å². The topological polar surface area (TPSA) is 71.4 Å². The predicted molar refractivity (Wildman–Crippen MR) is 119 cm³/mol. The van der Waals surface area contributed by atoms with Crippen molar-refractivity contribution in [1.29, 1.82) is 0 Å². The number of hydrogen-bond acceptors (Lipinski definition) is 4. The molecular formula is C23H35N5O2. The molecule has 1 saturated heterocycles. The molecule has 1 aromatic carbocycles. The number of likely N-dealkylation sites (tertiary alicyclic amines) is 1. The van der Waals surface area contributed by atoms with Crippen molar-refractivity contribution in [3.05, 3.63) is 48.0 Å². The number of amides is 2. The number of urea groups is 1. The molecule has 2 aromatic rings. The van der Waals surface area contributed by atoms with Gasteiger partial charge in [-0.1, -0.05) is 19.1 Å². The predicted octanol–water partition coefficient (Wildman–Crippen LogP) is 3.33. The molecule has 0 spiro atoms. The van der Waals surface area contributed by atoms with Crippen LogP contribution in [0.1, 0.15) is 50.0 Å². The lowest BCUT2D eigenvalue weighted by atomic mass is 10.0. The summed E-state index contributed by atoms with van der Waals surface area (Å²) < 4.78 is 7.27. The highest BCUT2D eigenvalue weighted by molar-refractivity contribution is 5.74. The zero-order valence-corrected chi connectivity index (χ0v) is 18.4. The van der Waals surface area contributed by atoms with Crippen LogP contribution in [0.4, 0.5) is 4.79 Å². The first kappa shape index (κ1) is 22.2. The summed E-state index contributed by atoms with van der Waals surface area (Å²) in [7, 11) is 3.57. The number of nitrogens with one attached hydrogen (secondary N) is 2. The molecule has 0 saturated carbocycles. The molecule has 0 radical (unpaired) electrons. The summed E-state index contributed by atoms with van der Waals surface area (Å²) in [6.07, 6.45) is 8.35. The molecule has 164 valence electrons. The van der Waals surface area contributed by atoms with Gasteiger partial charge in [0.15, 0.2) is 0 Å². The average molecular weight is 414 g/mol. The second-order valence-electron chi connectivity index (χ2n) is 8.26. The maximum atomic E-state index is 12.6. The van der Waals surface area contributed by atoms with Gasteiger partial charge in [0, 0.05) is 32.5 Å². The molecule has 1 aromatic heterocycles. The van der Waals surface area contributed by atoms with E-state index in [9.17, 15) is 4.79 Å². The number of benzene rings is 1. The van der Waals surface area contributed by atoms with Gasteiger partial charge in [0.05, 0.1) is 7.11 Å². The van der Waals surface area contributed by atoms with Crippen molar-refractivity contribution >= 4 is 6.03 Å². The highest BCUT2D eigenvalue weighted by Crippen LogP contribution is 2.24. The van der Waals surface area contributed by atoms with Crippen molar-refractivity contribution in [2.24, 2.45) is 13.0 Å². The number of aryl methyl sites for hydroxylation is 1. The highest BCUT2D eigenvalue weighted by atomic mass is 16.5. The van der Waals surface area contributed by atoms with Crippen LogP contribution >= 0.6 is 0 Å². The maximum absolute atomic E-state index is 12.6. The third kappa shape index (κ3) is 6.23. The van der Waals surface area contributed by atoms with Crippen LogP contribution in [0.5, 0.6) is 5.75 Å². The standard InChI is InChI=1S/C23H35N5O2/c1-18-8-7-14-28(17-18)13-5-4-11-25-23(29)26-21(22-24-12-15-27(22)2)19-9-6-10-20(16-19)30-3/h6,9-10,12,15-16,18,21H,4-5,7-8,11,13-14,17H2,1-3H3,(H2,25,26,29)/t18-,21-/m1/s1. The van der Waals surface area contributed by atoms with Crippen LogP contribution in [0.15, 0.2) is 36.7 Å². The highest BCUT2D eigenvalue weighted by Gasteiger charge is 2.21. The fourth-order valence-corrected chi connectivity index (χ4v) is 4.11. The third-order valence-electron chi connectivity index (χ3n) is 5.75. The molecule has 3 rings (SSSR count). The van der Waals surface area contributed by atoms with E-state index in [0.29, 0.717) is 6.54 Å². The fourth-order valence-electron chi connectivity index (χ4n) is 4.11. The number of imidazole rings is 1. The second-order valence-corrected chi connectivity index (χ2v) is 8.26. The maximum Gasteiger partial charge on any atom is 0.315 e. The van der Waals surface area contributed by atoms with Crippen molar-refractivity contribution in [3.8, 4) is 5.75 Å². The minimum absolute atomic E-state index is 0.183. The number of unbranched alkanes of at least 4 members (excludes halogenated alkanes) is 1. The molecule has 0 bridgehead atoms. The number of ether oxygens (including phenoxy) is 1. The van der Waals surface area contributed by atoms with E-state index < -0.39 is 0 Å². The largest absolute Gasteiger partial charge is 0.497 e. The normalized spacial score (nSPS) is 18.0. The molecule has 2 heterocycles. The SMILES string of the molecule is COc1cccc([C@@H](NC(=O)NCCCCN2CCC[C@@H](C)C2)c2nccn2C)c1. The van der Waals surface area contributed by atoms with Crippen molar-refractivity contribution in [1.82, 2.24) is 25.1 Å². The Morgan fingerprint density at radius 1 is 1.37 bits per heavy atom. The average Bonchev–Trinajstić information content (AvgIpc) is 3.17. The van der Waals surface area contributed by atoms with Crippen LogP contribution in [0.3, 0.4) is 0 Å². The van der Waals surface area contributed by atoms with E-state index in [1.807, 2.05) is 42.1 Å². The zero-order valence-electron chi connectivity index (χ0n) is 18.4. The van der Waals surface area contributed by atoms with E-state index in [1.54, 1.807) is 13.3 Å². The summed E-state index contributed by atoms with van der Waals surface area (Å²) in [6.45, 7) is 6.54. The first-order chi connectivity index (χ1) is 14.6. The summed E-state index contributed by atoms with van der Waals surface area (Å²) in [4.78, 5) is 19.6. The molecule has 2 amide bonds. The number of piperidine rings is 1. The minimum Gasteiger partial charge on any atom is -0.497 e. The number of methoxy groups -OCH3 is 1. The van der Waals surface area contributed by atoms with Gasteiger partial charge in [-0.3, -0.25) is 0 Å². The van der Waals surface area contributed by atoms with Crippen molar-refractivity contribution < 1.29 is 9.53 Å². The van der Waals surface area contributed by atoms with Gasteiger partial charge in [0.25, 0.3) is 0 Å². The lowest BCUT2D eigenvalue weighted by molar-refractivity contribution is 0.181. The molecule has 1 aliphatic rings. The number of nitrogens with zero attached hydrogens (tertiary/aromatic N) is 3. The Hall–Kier alpha value is -2.54. The molecule has 1 fully saturated rings. The quantitative estimate of drug-likeness (QED) is 0.619. The molecule has 2 atom stereocenters. The zero-order chi connectivity index (χ0) is 21.3. The third-order valence-corrected chi connectivity index (χ3v) is 5.75. The Morgan fingerprint density at radius 3 is 2.97 bits per heavy atom. The van der Waals surface area contributed by atoms with Crippen LogP contribution in [0.2, 0.25) is 0 Å². The second kappa shape index (κ2) is 11.0. The molecular weight excluding hydrogens is 378 g/mol. The molecule has 30 heavy (non-hydrogen) atoms. The molecule has 0 aliphatic carbocycles. The molecule has 7 nitrogen and oxygen atoms in total. The lowest BCUT2D eigenvalue weighted by Gasteiger charge is -2.30. The Bertz CT molecular complexity index is 806. The smallest absolute Gasteiger partial charge is 0.315 e. The van der Waals surface area contributed by atoms with Gasteiger partial charge in [-0.05, 0) is 62.4 Å². The van der Waals surface area contributed by atoms with Gasteiger partial charge in [-0.25, -0.2) is 9.78 Å². The van der Waals surface area contributed by atoms with Crippen molar-refractivity contribution in [2.45, 2.75) is 38.6 Å². The summed E-state index contributed by atoms with van der Waals surface area (Å²) in [5.41, 5.74) is 0.929. The molecule has 0 unspecified atom stereocenters. The van der Waals surface area contributed by atoms with E-state index in [-0.39, 0.29) is 12.1 Å². The first-order valence-corrected chi connectivity index (χ1v) is 10.9. The number of rotatable bonds is 9. The Morgan fingerprint density at radius 2 is 2.23 bits per heavy atom. The Labute approximate surface area is 179 Å². The van der Waals surface area contributed by atoms with Gasteiger partial charge in [-0.15, -0.1) is 0 Å². The van der Waals surface area contributed by atoms with Crippen LogP contribution in [0.25, 0.3) is 0 Å². The summed E-state index contributed by atoms with van der Waals surface area (Å²) in [5.74, 6) is 2.33. The van der Waals surface area contributed by atoms with E-state index >= 15 is 0 Å². The van der Waals surface area contributed by atoms with Crippen molar-refractivity contribution in [2.75, 3.05) is 33.3 Å². The Kier molecular flexibility index (Phi) is 8.13. The van der Waals surface area contributed by atoms with E-state index in [4.69, 9.17) is 4.74 Å². The summed E-state index contributed by atoms with van der Waals surface area (Å²) in [6, 6.07) is 7.18. The molecule has 2 N–H and O–H groups in total. The number of aromatic nitrogens is 2. The van der Waals surface area contributed by atoms with Crippen LogP contribution < -0.4 is 15.4 Å². The number of carbonyl (C=O) groups is 1. The van der Waals surface area contributed by atoms with Crippen LogP contribution in [-0.4, -0.2) is 53.8 Å². The van der Waals surface area contributed by atoms with Gasteiger partial charge in [-0.2, -0.15) is 0 Å². The lowest BCUT2D eigenvalue weighted by Crippen LogP contribution is -2.40. The molecule has 7 heteroatoms. The van der Waals surface area contributed by atoms with E-state index in [0.717, 1.165) is 42.4 Å². The van der Waals surface area contributed by atoms with E-state index in [2.05, 4.69) is 27.4 Å². The van der Waals surface area contributed by atoms with Crippen molar-refractivity contribution in [3.63, 3.8) is 0 Å². The van der Waals surface area contributed by atoms with Gasteiger partial charge in [0.1, 0.15) is 17.6 Å². The monoisotopic (exact) mass is 413 g/mol. The van der Waals surface area contributed by atoms with Gasteiger partial charge >= 0.3 is 6.03 Å². The van der Waals surface area contributed by atoms with Gasteiger partial charge < -0.3 is 24.8 Å². The Balaban J connectivity index is 1.50. The minimum atomic E-state index is -0.352. The first-order valence-electron chi connectivity index (χ1n) is 10.9.